The van der Waals surface area contributed by atoms with Crippen molar-refractivity contribution in [1.82, 2.24) is 0 Å². The van der Waals surface area contributed by atoms with Gasteiger partial charge in [-0.3, -0.25) is 9.41 Å². The van der Waals surface area contributed by atoms with Gasteiger partial charge in [0.2, 0.25) is 0 Å². The Morgan fingerprint density at radius 1 is 1.00 bits per heavy atom. The van der Waals surface area contributed by atoms with Crippen LogP contribution in [0, 0.1) is 0 Å². The van der Waals surface area contributed by atoms with Crippen molar-refractivity contribution in [2.45, 2.75) is 0 Å². The van der Waals surface area contributed by atoms with E-state index < -0.39 is 0 Å². The minimum atomic E-state index is 0. The van der Waals surface area contributed by atoms with Crippen molar-refractivity contribution in [3.05, 3.63) is 0 Å². The Labute approximate surface area is 70.2 Å². The monoisotopic (exact) mass is 300 g/mol. The van der Waals surface area contributed by atoms with Crippen LogP contribution < -0.4 is 0 Å². The molecule has 0 rings (SSSR count). The largest absolute Gasteiger partial charge is 0 e. The number of hydrogen-bond donors (Lipinski definition) is 0. The minimum absolute atomic E-state index is 0. The molecule has 1 nitrogen and oxygen atoms in total. The van der Waals surface area contributed by atoms with Crippen molar-refractivity contribution in [1.29, 1.82) is 0 Å². The zero-order valence-electron chi connectivity index (χ0n) is 2.93. The second kappa shape index (κ2) is 71.9. The molecule has 38 valence electrons. The van der Waals surface area contributed by atoms with Gasteiger partial charge in [-0.2, -0.15) is 9.90 Å². The van der Waals surface area contributed by atoms with Crippen molar-refractivity contribution in [2.24, 2.45) is 0 Å². The minimum Gasteiger partial charge on any atom is 0 e. The van der Waals surface area contributed by atoms with Crippen LogP contribution in [0.25, 0.3) is 0 Å². The second-order valence-corrected chi connectivity index (χ2v) is 0. The number of halogens is 2. The summed E-state index contributed by atoms with van der Waals surface area (Å²) in [7, 11) is 0. The average Bonchev–Trinajstić information content (AvgIpc) is 1.00. The average molecular weight is 300 g/mol. The van der Waals surface area contributed by atoms with Crippen LogP contribution in [0.4, 0.5) is 9.41 Å². The van der Waals surface area contributed by atoms with Gasteiger partial charge >= 0.3 is 27.5 Å². The molecule has 0 aromatic carbocycles. The van der Waals surface area contributed by atoms with E-state index >= 15 is 0 Å². The molecular weight excluding hydrogens is 295 g/mol. The number of hydrogen-bond acceptors (Lipinski definition) is 1. The van der Waals surface area contributed by atoms with Crippen molar-refractivity contribution in [3.63, 3.8) is 0 Å². The Morgan fingerprint density at radius 2 is 1.00 bits per heavy atom. The summed E-state index contributed by atoms with van der Waals surface area (Å²) >= 11 is 0.300. The van der Waals surface area contributed by atoms with Gasteiger partial charge in [-0.05, 0) is 0 Å². The van der Waals surface area contributed by atoms with Gasteiger partial charge in [0, 0.05) is 23.9 Å². The Hall–Kier alpha value is 1.77. The Kier molecular flexibility index (Phi) is 556. The van der Waals surface area contributed by atoms with E-state index in [1.165, 1.54) is 0 Å². The predicted octanol–water partition coefficient (Wildman–Crippen LogP) is -0.139. The van der Waals surface area contributed by atoms with E-state index in [4.69, 9.17) is 2.81 Å². The molecule has 4 radical (unpaired) electrons. The first kappa shape index (κ1) is 46.4. The quantitative estimate of drug-likeness (QED) is 0.450. The molecule has 0 aliphatic rings. The number of rotatable bonds is 0. The first-order chi connectivity index (χ1) is 1.00. The molecule has 6 heteroatoms. The van der Waals surface area contributed by atoms with E-state index in [1.54, 1.807) is 0 Å². The van der Waals surface area contributed by atoms with Gasteiger partial charge in [0.1, 0.15) is 0 Å². The fraction of sp³-hybridized carbons (Fsp3) is 0. The van der Waals surface area contributed by atoms with Crippen LogP contribution in [0.5, 0.6) is 0 Å². The molecule has 0 bridgehead atoms. The van der Waals surface area contributed by atoms with Gasteiger partial charge in [0.15, 0.2) is 0 Å². The van der Waals surface area contributed by atoms with Gasteiger partial charge in [-0.1, -0.05) is 0 Å². The van der Waals surface area contributed by atoms with Crippen molar-refractivity contribution < 1.29 is 36.9 Å². The first-order valence-corrected chi connectivity index (χ1v) is 1.21. The molecule has 0 aliphatic heterocycles. The molecule has 0 N–H and O–H groups in total. The Balaban J connectivity index is -0.000000000833. The first-order valence-electron chi connectivity index (χ1n) is 0.204. The third-order valence-corrected chi connectivity index (χ3v) is 0. The van der Waals surface area contributed by atoms with Crippen LogP contribution >= 0.6 is 9.90 Å². The summed E-state index contributed by atoms with van der Waals surface area (Å²) in [5.74, 6) is 0. The third-order valence-electron chi connectivity index (χ3n) is 0. The summed E-state index contributed by atoms with van der Waals surface area (Å²) in [6.07, 6.45) is 0. The maximum Gasteiger partial charge on any atom is 0 e. The van der Waals surface area contributed by atoms with Crippen LogP contribution in [-0.2, 0) is 27.5 Å². The Bertz CT molecular complexity index is 13.5. The standard InChI is InChI=1S/2FH.O.H3P.Sn.Zr/h2*1H;;1H3;;. The fourth-order valence-electron chi connectivity index (χ4n) is 0. The van der Waals surface area contributed by atoms with E-state index in [9.17, 15) is 0 Å². The zero-order valence-corrected chi connectivity index (χ0v) is 9.66. The summed E-state index contributed by atoms with van der Waals surface area (Å²) in [4.78, 5) is 0. The summed E-state index contributed by atoms with van der Waals surface area (Å²) in [6.45, 7) is 0. The summed E-state index contributed by atoms with van der Waals surface area (Å²) in [6, 6.07) is 0. The van der Waals surface area contributed by atoms with E-state index in [0.717, 1.165) is 0 Å². The smallest absolute Gasteiger partial charge is 0 e. The van der Waals surface area contributed by atoms with Crippen LogP contribution in [0.3, 0.4) is 0 Å². The molecule has 0 saturated carbocycles. The third kappa shape index (κ3) is 41.9. The van der Waals surface area contributed by atoms with Gasteiger partial charge < -0.3 is 0 Å². The van der Waals surface area contributed by atoms with Gasteiger partial charge in [-0.25, -0.2) is 0 Å². The summed E-state index contributed by atoms with van der Waals surface area (Å²) < 4.78 is 8.34. The molecule has 0 heterocycles. The normalized spacial score (nSPS) is 0.500. The molecule has 1 atom stereocenters. The van der Waals surface area contributed by atoms with E-state index in [1.807, 2.05) is 0 Å². The van der Waals surface area contributed by atoms with E-state index in [0.29, 0.717) is 24.7 Å². The van der Waals surface area contributed by atoms with Crippen molar-refractivity contribution in [2.75, 3.05) is 0 Å². The maximum atomic E-state index is 8.34. The molecule has 1 unspecified atom stereocenters. The van der Waals surface area contributed by atoms with E-state index in [-0.39, 0.29) is 43.2 Å². The summed E-state index contributed by atoms with van der Waals surface area (Å²) in [5, 5.41) is 0. The van der Waals surface area contributed by atoms with Crippen molar-refractivity contribution >= 4 is 33.8 Å². The maximum absolute atomic E-state index is 8.34. The molecule has 0 spiro atoms. The second-order valence-electron chi connectivity index (χ2n) is 0. The molecule has 0 fully saturated rings. The van der Waals surface area contributed by atoms with Gasteiger partial charge in [0.05, 0.1) is 0 Å². The summed E-state index contributed by atoms with van der Waals surface area (Å²) in [5.41, 5.74) is 0. The molecule has 0 aliphatic carbocycles. The van der Waals surface area contributed by atoms with Crippen LogP contribution in [0.1, 0.15) is 0 Å². The predicted molar refractivity (Wildman–Crippen MR) is 22.6 cm³/mol. The van der Waals surface area contributed by atoms with E-state index in [2.05, 4.69) is 0 Å². The van der Waals surface area contributed by atoms with Crippen LogP contribution in [-0.4, -0.2) is 23.9 Å². The molecular formula is H5F2OPSnZr. The molecule has 0 amide bonds. The topological polar surface area (TPSA) is 17.1 Å². The molecule has 0 aromatic heterocycles. The van der Waals surface area contributed by atoms with Crippen LogP contribution in [0.2, 0.25) is 0 Å². The zero-order chi connectivity index (χ0) is 2.00. The molecule has 6 heavy (non-hydrogen) atoms. The molecule has 0 aromatic rings. The fourth-order valence-corrected chi connectivity index (χ4v) is 0. The van der Waals surface area contributed by atoms with Gasteiger partial charge in [-0.15, -0.1) is 0 Å². The van der Waals surface area contributed by atoms with Crippen molar-refractivity contribution in [3.8, 4) is 0 Å². The SMILES string of the molecule is F.F.P.[O]=[Zr].[Sn]. The van der Waals surface area contributed by atoms with Gasteiger partial charge in [0.25, 0.3) is 0 Å². The van der Waals surface area contributed by atoms with Crippen LogP contribution in [0.15, 0.2) is 0 Å². The Morgan fingerprint density at radius 3 is 1.00 bits per heavy atom. The molecule has 0 saturated heterocycles.